The maximum atomic E-state index is 12.8. The van der Waals surface area contributed by atoms with Gasteiger partial charge in [-0.2, -0.15) is 0 Å². The van der Waals surface area contributed by atoms with Crippen molar-refractivity contribution in [2.75, 3.05) is 6.54 Å². The van der Waals surface area contributed by atoms with Crippen molar-refractivity contribution in [3.05, 3.63) is 48.6 Å². The SMILES string of the molecule is CC/C=C\C/C=C\C/C=C\C/C=C\CCCCCCCCCCCCC(=O)OC(CCCCCCCCC)CCCCCCCC(=O)NC(CCCN)C(=O)O. The first-order valence-corrected chi connectivity index (χ1v) is 23.5. The normalized spacial score (nSPS) is 13.1. The Balaban J connectivity index is 4.06. The van der Waals surface area contributed by atoms with Gasteiger partial charge in [-0.05, 0) is 96.4 Å². The number of ether oxygens (including phenoxy) is 1. The van der Waals surface area contributed by atoms with Crippen LogP contribution >= 0.6 is 0 Å². The molecule has 56 heavy (non-hydrogen) atoms. The monoisotopic (exact) mass is 785 g/mol. The fraction of sp³-hybridized carbons (Fsp3) is 0.776. The Labute approximate surface area is 345 Å². The van der Waals surface area contributed by atoms with Gasteiger partial charge >= 0.3 is 11.9 Å². The van der Waals surface area contributed by atoms with E-state index in [0.29, 0.717) is 32.2 Å². The Morgan fingerprint density at radius 2 is 0.982 bits per heavy atom. The van der Waals surface area contributed by atoms with Crippen LogP contribution in [0.25, 0.3) is 0 Å². The lowest BCUT2D eigenvalue weighted by Crippen LogP contribution is -2.40. The molecular weight excluding hydrogens is 697 g/mol. The van der Waals surface area contributed by atoms with Crippen molar-refractivity contribution in [3.8, 4) is 0 Å². The van der Waals surface area contributed by atoms with E-state index in [9.17, 15) is 19.5 Å². The van der Waals surface area contributed by atoms with E-state index in [1.807, 2.05) is 0 Å². The first-order valence-electron chi connectivity index (χ1n) is 23.5. The van der Waals surface area contributed by atoms with Crippen molar-refractivity contribution in [3.63, 3.8) is 0 Å². The fourth-order valence-electron chi connectivity index (χ4n) is 6.91. The largest absolute Gasteiger partial charge is 0.480 e. The number of hydrogen-bond acceptors (Lipinski definition) is 5. The first-order chi connectivity index (χ1) is 27.4. The molecule has 2 unspecified atom stereocenters. The summed E-state index contributed by atoms with van der Waals surface area (Å²) in [6.45, 7) is 4.82. The zero-order valence-corrected chi connectivity index (χ0v) is 36.5. The number of unbranched alkanes of at least 4 members (excludes halogenated alkanes) is 20. The lowest BCUT2D eigenvalue weighted by molar-refractivity contribution is -0.150. The van der Waals surface area contributed by atoms with Crippen LogP contribution in [0.2, 0.25) is 0 Å². The Hall–Kier alpha value is -2.67. The third-order valence-electron chi connectivity index (χ3n) is 10.4. The van der Waals surface area contributed by atoms with Crippen LogP contribution in [-0.4, -0.2) is 41.6 Å². The summed E-state index contributed by atoms with van der Waals surface area (Å²) in [7, 11) is 0. The number of nitrogens with two attached hydrogens (primary N) is 1. The van der Waals surface area contributed by atoms with E-state index in [4.69, 9.17) is 10.5 Å². The van der Waals surface area contributed by atoms with Crippen molar-refractivity contribution in [2.45, 2.75) is 238 Å². The van der Waals surface area contributed by atoms with Crippen molar-refractivity contribution in [1.82, 2.24) is 5.32 Å². The van der Waals surface area contributed by atoms with Gasteiger partial charge in [0.05, 0.1) is 0 Å². The maximum Gasteiger partial charge on any atom is 0.326 e. The van der Waals surface area contributed by atoms with Crippen LogP contribution in [-0.2, 0) is 19.1 Å². The number of carboxylic acid groups (broad SMARTS) is 1. The van der Waals surface area contributed by atoms with Crippen molar-refractivity contribution < 1.29 is 24.2 Å². The number of allylic oxidation sites excluding steroid dienone is 8. The molecule has 0 aliphatic carbocycles. The van der Waals surface area contributed by atoms with Crippen LogP contribution in [0.5, 0.6) is 0 Å². The number of carboxylic acids is 1. The van der Waals surface area contributed by atoms with Gasteiger partial charge < -0.3 is 20.9 Å². The van der Waals surface area contributed by atoms with Gasteiger partial charge in [0.15, 0.2) is 0 Å². The van der Waals surface area contributed by atoms with E-state index in [1.165, 1.54) is 96.3 Å². The minimum Gasteiger partial charge on any atom is -0.480 e. The molecule has 0 aromatic heterocycles. The molecule has 1 amide bonds. The van der Waals surface area contributed by atoms with Gasteiger partial charge in [-0.15, -0.1) is 0 Å². The number of carbonyl (C=O) groups excluding carboxylic acids is 2. The number of esters is 1. The highest BCUT2D eigenvalue weighted by molar-refractivity contribution is 5.83. The molecule has 0 fully saturated rings. The summed E-state index contributed by atoms with van der Waals surface area (Å²) in [6, 6.07) is -0.856. The zero-order chi connectivity index (χ0) is 41.0. The fourth-order valence-corrected chi connectivity index (χ4v) is 6.91. The minimum atomic E-state index is -1.00. The maximum absolute atomic E-state index is 12.8. The third-order valence-corrected chi connectivity index (χ3v) is 10.4. The minimum absolute atomic E-state index is 0.0132. The van der Waals surface area contributed by atoms with Crippen LogP contribution in [0.15, 0.2) is 48.6 Å². The second kappa shape index (κ2) is 43.5. The van der Waals surface area contributed by atoms with Gasteiger partial charge in [0.25, 0.3) is 0 Å². The molecule has 7 heteroatoms. The molecule has 0 saturated carbocycles. The number of rotatable bonds is 42. The summed E-state index contributed by atoms with van der Waals surface area (Å²) in [5.41, 5.74) is 5.48. The Morgan fingerprint density at radius 1 is 0.536 bits per heavy atom. The Morgan fingerprint density at radius 3 is 1.48 bits per heavy atom. The van der Waals surface area contributed by atoms with E-state index >= 15 is 0 Å². The number of nitrogens with one attached hydrogen (secondary N) is 1. The van der Waals surface area contributed by atoms with Crippen molar-refractivity contribution in [1.29, 1.82) is 0 Å². The molecule has 0 heterocycles. The van der Waals surface area contributed by atoms with Gasteiger partial charge in [-0.1, -0.05) is 172 Å². The summed E-state index contributed by atoms with van der Waals surface area (Å²) < 4.78 is 6.03. The summed E-state index contributed by atoms with van der Waals surface area (Å²) in [5, 5.41) is 11.9. The third kappa shape index (κ3) is 39.6. The average Bonchev–Trinajstić information content (AvgIpc) is 3.18. The van der Waals surface area contributed by atoms with E-state index in [1.54, 1.807) is 0 Å². The molecule has 0 bridgehead atoms. The molecular formula is C49H88N2O5. The molecule has 0 spiro atoms. The molecule has 0 saturated heterocycles. The standard InChI is InChI=1S/C49H88N2O5/c1-3-5-7-9-11-12-13-14-15-16-17-18-19-20-21-22-23-24-25-26-28-33-37-43-48(53)56-45(39-34-30-27-10-8-6-4-2)40-35-31-29-32-36-42-47(52)51-46(49(54)55)41-38-44-50/h5,7,11-12,14-15,17-18,45-46H,3-4,6,8-10,13,16,19-44,50H2,1-2H3,(H,51,52)(H,54,55)/b7-5-,12-11-,15-14-,18-17-. The van der Waals surface area contributed by atoms with Gasteiger partial charge in [-0.25, -0.2) is 4.79 Å². The molecule has 0 aliphatic rings. The molecule has 4 N–H and O–H groups in total. The highest BCUT2D eigenvalue weighted by Crippen LogP contribution is 2.19. The van der Waals surface area contributed by atoms with Gasteiger partial charge in [0.2, 0.25) is 5.91 Å². The van der Waals surface area contributed by atoms with Crippen molar-refractivity contribution >= 4 is 17.8 Å². The van der Waals surface area contributed by atoms with E-state index in [-0.39, 0.29) is 18.0 Å². The quantitative estimate of drug-likeness (QED) is 0.0322. The number of aliphatic carboxylic acids is 1. The molecule has 7 nitrogen and oxygen atoms in total. The van der Waals surface area contributed by atoms with Crippen LogP contribution < -0.4 is 11.1 Å². The molecule has 2 atom stereocenters. The first kappa shape index (κ1) is 53.3. The van der Waals surface area contributed by atoms with Crippen LogP contribution in [0.4, 0.5) is 0 Å². The number of amides is 1. The summed E-state index contributed by atoms with van der Waals surface area (Å²) in [6.07, 6.45) is 53.2. The predicted octanol–water partition coefficient (Wildman–Crippen LogP) is 13.6. The van der Waals surface area contributed by atoms with E-state index in [0.717, 1.165) is 89.9 Å². The second-order valence-electron chi connectivity index (χ2n) is 15.8. The van der Waals surface area contributed by atoms with E-state index in [2.05, 4.69) is 67.8 Å². The smallest absolute Gasteiger partial charge is 0.326 e. The number of carbonyl (C=O) groups is 3. The van der Waals surface area contributed by atoms with Crippen LogP contribution in [0.3, 0.4) is 0 Å². The van der Waals surface area contributed by atoms with Crippen LogP contribution in [0.1, 0.15) is 226 Å². The molecule has 324 valence electrons. The van der Waals surface area contributed by atoms with Crippen molar-refractivity contribution in [2.24, 2.45) is 5.73 Å². The average molecular weight is 785 g/mol. The van der Waals surface area contributed by atoms with Gasteiger partial charge in [-0.3, -0.25) is 9.59 Å². The summed E-state index contributed by atoms with van der Waals surface area (Å²) >= 11 is 0. The topological polar surface area (TPSA) is 119 Å². The lowest BCUT2D eigenvalue weighted by atomic mass is 10.0. The molecule has 0 aliphatic heterocycles. The number of hydrogen-bond donors (Lipinski definition) is 3. The lowest BCUT2D eigenvalue weighted by Gasteiger charge is -2.18. The predicted molar refractivity (Wildman–Crippen MR) is 239 cm³/mol. The molecule has 0 radical (unpaired) electrons. The molecule has 0 aromatic carbocycles. The second-order valence-corrected chi connectivity index (χ2v) is 15.8. The van der Waals surface area contributed by atoms with Gasteiger partial charge in [0, 0.05) is 12.8 Å². The summed E-state index contributed by atoms with van der Waals surface area (Å²) in [5.74, 6) is -1.23. The Kier molecular flexibility index (Phi) is 41.4. The molecule has 0 rings (SSSR count). The zero-order valence-electron chi connectivity index (χ0n) is 36.5. The highest BCUT2D eigenvalue weighted by Gasteiger charge is 2.19. The van der Waals surface area contributed by atoms with E-state index < -0.39 is 12.0 Å². The van der Waals surface area contributed by atoms with Gasteiger partial charge in [0.1, 0.15) is 12.1 Å². The van der Waals surface area contributed by atoms with Crippen LogP contribution in [0, 0.1) is 0 Å². The molecule has 0 aromatic rings. The Bertz CT molecular complexity index is 1020. The highest BCUT2D eigenvalue weighted by atomic mass is 16.5. The summed E-state index contributed by atoms with van der Waals surface area (Å²) in [4.78, 5) is 36.3.